The fourth-order valence-corrected chi connectivity index (χ4v) is 0.750. The van der Waals surface area contributed by atoms with Crippen LogP contribution in [-0.4, -0.2) is 23.3 Å². The van der Waals surface area contributed by atoms with Gasteiger partial charge < -0.3 is 5.11 Å². The average Bonchev–Trinajstić information content (AvgIpc) is 2.28. The SMILES string of the molecule is C=Cc1ccccc1.OC(F)(C(F)(F)F)C(F)(F)F. The van der Waals surface area contributed by atoms with Crippen LogP contribution in [0, 0.1) is 0 Å². The van der Waals surface area contributed by atoms with Crippen molar-refractivity contribution in [3.05, 3.63) is 42.5 Å². The maximum atomic E-state index is 11.4. The van der Waals surface area contributed by atoms with Crippen molar-refractivity contribution in [3.8, 4) is 0 Å². The van der Waals surface area contributed by atoms with Crippen molar-refractivity contribution >= 4 is 6.08 Å². The number of halogens is 7. The number of aliphatic hydroxyl groups is 1. The summed E-state index contributed by atoms with van der Waals surface area (Å²) in [4.78, 5) is 0. The second-order valence-electron chi connectivity index (χ2n) is 3.23. The van der Waals surface area contributed by atoms with E-state index < -0.39 is 18.2 Å². The smallest absolute Gasteiger partial charge is 0.348 e. The maximum Gasteiger partial charge on any atom is 0.458 e. The van der Waals surface area contributed by atoms with E-state index in [0.717, 1.165) is 0 Å². The van der Waals surface area contributed by atoms with Gasteiger partial charge in [-0.2, -0.15) is 30.7 Å². The van der Waals surface area contributed by atoms with Gasteiger partial charge in [0.1, 0.15) is 0 Å². The number of hydrogen-bond donors (Lipinski definition) is 1. The van der Waals surface area contributed by atoms with Crippen LogP contribution in [0.15, 0.2) is 36.9 Å². The van der Waals surface area contributed by atoms with Gasteiger partial charge in [-0.15, -0.1) is 0 Å². The predicted molar refractivity (Wildman–Crippen MR) is 54.7 cm³/mol. The zero-order chi connectivity index (χ0) is 15.3. The first-order valence-electron chi connectivity index (χ1n) is 4.65. The Hall–Kier alpha value is -1.57. The summed E-state index contributed by atoms with van der Waals surface area (Å²) in [6.45, 7) is 3.63. The van der Waals surface area contributed by atoms with Gasteiger partial charge in [-0.1, -0.05) is 43.0 Å². The predicted octanol–water partition coefficient (Wildman–Crippen LogP) is 4.10. The van der Waals surface area contributed by atoms with E-state index in [0.29, 0.717) is 0 Å². The lowest BCUT2D eigenvalue weighted by Crippen LogP contribution is -2.52. The Morgan fingerprint density at radius 1 is 0.842 bits per heavy atom. The van der Waals surface area contributed by atoms with E-state index in [9.17, 15) is 30.7 Å². The van der Waals surface area contributed by atoms with E-state index in [1.165, 1.54) is 5.56 Å². The third-order valence-electron chi connectivity index (χ3n) is 1.79. The Labute approximate surface area is 104 Å². The highest BCUT2D eigenvalue weighted by Gasteiger charge is 2.72. The highest BCUT2D eigenvalue weighted by atomic mass is 19.4. The van der Waals surface area contributed by atoms with Crippen molar-refractivity contribution in [1.82, 2.24) is 0 Å². The summed E-state index contributed by atoms with van der Waals surface area (Å²) in [7, 11) is 0. The number of alkyl halides is 7. The maximum absolute atomic E-state index is 11.4. The lowest BCUT2D eigenvalue weighted by molar-refractivity contribution is -0.417. The minimum absolute atomic E-state index is 1.17. The molecule has 0 aliphatic rings. The molecular formula is C11H9F7O. The molecule has 1 N–H and O–H groups in total. The molecule has 0 aromatic heterocycles. The standard InChI is InChI=1S/C8H8.C3HF7O/c1-2-8-6-4-3-5-7-8;4-1(11,2(5,6)7)3(8,9)10/h2-7H,1H2;11H. The number of rotatable bonds is 1. The molecule has 0 spiro atoms. The Bertz CT molecular complexity index is 376. The van der Waals surface area contributed by atoms with Crippen LogP contribution in [0.1, 0.15) is 5.56 Å². The molecular weight excluding hydrogens is 281 g/mol. The van der Waals surface area contributed by atoms with Crippen LogP contribution in [0.4, 0.5) is 30.7 Å². The molecule has 0 saturated carbocycles. The summed E-state index contributed by atoms with van der Waals surface area (Å²) in [5.41, 5.74) is 1.17. The van der Waals surface area contributed by atoms with Crippen LogP contribution in [0.2, 0.25) is 0 Å². The van der Waals surface area contributed by atoms with E-state index in [1.54, 1.807) is 0 Å². The highest BCUT2D eigenvalue weighted by molar-refractivity contribution is 5.45. The monoisotopic (exact) mass is 290 g/mol. The van der Waals surface area contributed by atoms with Gasteiger partial charge in [0, 0.05) is 0 Å². The first-order chi connectivity index (χ1) is 8.43. The van der Waals surface area contributed by atoms with Gasteiger partial charge in [-0.25, -0.2) is 0 Å². The van der Waals surface area contributed by atoms with E-state index in [1.807, 2.05) is 36.4 Å². The van der Waals surface area contributed by atoms with Crippen molar-refractivity contribution in [2.24, 2.45) is 0 Å². The fraction of sp³-hybridized carbons (Fsp3) is 0.273. The molecule has 0 heterocycles. The molecule has 0 unspecified atom stereocenters. The van der Waals surface area contributed by atoms with Crippen molar-refractivity contribution in [2.45, 2.75) is 18.2 Å². The van der Waals surface area contributed by atoms with Crippen molar-refractivity contribution < 1.29 is 35.8 Å². The highest BCUT2D eigenvalue weighted by Crippen LogP contribution is 2.43. The van der Waals surface area contributed by atoms with Crippen LogP contribution in [-0.2, 0) is 0 Å². The van der Waals surface area contributed by atoms with Gasteiger partial charge in [-0.05, 0) is 5.56 Å². The zero-order valence-corrected chi connectivity index (χ0v) is 9.26. The van der Waals surface area contributed by atoms with Gasteiger partial charge in [0.2, 0.25) is 0 Å². The van der Waals surface area contributed by atoms with Gasteiger partial charge in [0.05, 0.1) is 0 Å². The summed E-state index contributed by atoms with van der Waals surface area (Å²) in [5.74, 6) is -6.12. The Morgan fingerprint density at radius 3 is 1.37 bits per heavy atom. The van der Waals surface area contributed by atoms with Crippen LogP contribution in [0.3, 0.4) is 0 Å². The van der Waals surface area contributed by atoms with Crippen LogP contribution in [0.25, 0.3) is 6.08 Å². The third kappa shape index (κ3) is 4.90. The van der Waals surface area contributed by atoms with Crippen molar-refractivity contribution in [3.63, 3.8) is 0 Å². The van der Waals surface area contributed by atoms with Gasteiger partial charge in [-0.3, -0.25) is 0 Å². The molecule has 1 aromatic carbocycles. The minimum atomic E-state index is -6.36. The van der Waals surface area contributed by atoms with Gasteiger partial charge >= 0.3 is 18.2 Å². The molecule has 1 aromatic rings. The molecule has 8 heteroatoms. The van der Waals surface area contributed by atoms with Crippen LogP contribution in [0.5, 0.6) is 0 Å². The minimum Gasteiger partial charge on any atom is -0.348 e. The average molecular weight is 290 g/mol. The lowest BCUT2D eigenvalue weighted by atomic mass is 10.2. The third-order valence-corrected chi connectivity index (χ3v) is 1.79. The van der Waals surface area contributed by atoms with E-state index in [2.05, 4.69) is 6.58 Å². The normalized spacial score (nSPS) is 12.4. The molecule has 0 aliphatic heterocycles. The first-order valence-corrected chi connectivity index (χ1v) is 4.65. The summed E-state index contributed by atoms with van der Waals surface area (Å²) in [5, 5.41) is 7.27. The number of hydrogen-bond acceptors (Lipinski definition) is 1. The molecule has 108 valence electrons. The van der Waals surface area contributed by atoms with Gasteiger partial charge in [0.25, 0.3) is 0 Å². The Balaban J connectivity index is 0.000000356. The molecule has 0 aliphatic carbocycles. The van der Waals surface area contributed by atoms with Gasteiger partial charge in [0.15, 0.2) is 0 Å². The molecule has 0 saturated heterocycles. The quantitative estimate of drug-likeness (QED) is 0.772. The summed E-state index contributed by atoms with van der Waals surface area (Å²) in [6, 6.07) is 10.0. The number of benzene rings is 1. The summed E-state index contributed by atoms with van der Waals surface area (Å²) < 4.78 is 77.3. The lowest BCUT2D eigenvalue weighted by Gasteiger charge is -2.23. The zero-order valence-electron chi connectivity index (χ0n) is 9.26. The molecule has 19 heavy (non-hydrogen) atoms. The largest absolute Gasteiger partial charge is 0.458 e. The van der Waals surface area contributed by atoms with Crippen LogP contribution < -0.4 is 0 Å². The van der Waals surface area contributed by atoms with Crippen molar-refractivity contribution in [1.29, 1.82) is 0 Å². The molecule has 1 nitrogen and oxygen atoms in total. The summed E-state index contributed by atoms with van der Waals surface area (Å²) in [6.07, 6.45) is -10.9. The second-order valence-corrected chi connectivity index (χ2v) is 3.23. The van der Waals surface area contributed by atoms with Crippen molar-refractivity contribution in [2.75, 3.05) is 0 Å². The Kier molecular flexibility index (Phi) is 5.55. The summed E-state index contributed by atoms with van der Waals surface area (Å²) >= 11 is 0. The molecule has 0 amide bonds. The first kappa shape index (κ1) is 17.4. The second kappa shape index (κ2) is 6.05. The molecule has 0 radical (unpaired) electrons. The van der Waals surface area contributed by atoms with E-state index in [4.69, 9.17) is 5.11 Å². The van der Waals surface area contributed by atoms with E-state index >= 15 is 0 Å². The molecule has 1 rings (SSSR count). The fourth-order valence-electron chi connectivity index (χ4n) is 0.750. The van der Waals surface area contributed by atoms with Crippen LogP contribution >= 0.6 is 0 Å². The molecule has 0 bridgehead atoms. The topological polar surface area (TPSA) is 20.2 Å². The van der Waals surface area contributed by atoms with E-state index in [-0.39, 0.29) is 0 Å². The Morgan fingerprint density at radius 2 is 1.21 bits per heavy atom. The molecule has 0 fully saturated rings. The molecule has 0 atom stereocenters.